The van der Waals surface area contributed by atoms with Gasteiger partial charge in [-0.15, -0.1) is 0 Å². The van der Waals surface area contributed by atoms with Gasteiger partial charge < -0.3 is 4.57 Å². The van der Waals surface area contributed by atoms with Crippen LogP contribution in [-0.2, 0) is 25.9 Å². The number of aryl methyl sites for hydroxylation is 3. The van der Waals surface area contributed by atoms with E-state index in [-0.39, 0.29) is 11.6 Å². The van der Waals surface area contributed by atoms with Crippen molar-refractivity contribution in [2.75, 3.05) is 0 Å². The highest BCUT2D eigenvalue weighted by molar-refractivity contribution is 5.96. The molecular weight excluding hydrogens is 339 g/mol. The number of benzene rings is 1. The van der Waals surface area contributed by atoms with E-state index in [0.717, 1.165) is 41.9 Å². The smallest absolute Gasteiger partial charge is 0.229 e. The molecule has 3 aromatic rings. The van der Waals surface area contributed by atoms with Crippen molar-refractivity contribution in [1.82, 2.24) is 4.57 Å². The molecule has 3 rings (SSSR count). The Morgan fingerprint density at radius 3 is 2.33 bits per heavy atom. The maximum atomic E-state index is 13.0. The van der Waals surface area contributed by atoms with E-state index in [1.807, 2.05) is 49.0 Å². The molecule has 0 aliphatic heterocycles. The van der Waals surface area contributed by atoms with E-state index >= 15 is 0 Å². The molecule has 0 atom stereocenters. The molecule has 0 radical (unpaired) electrons. The summed E-state index contributed by atoms with van der Waals surface area (Å²) in [6.07, 6.45) is 5.72. The largest absolute Gasteiger partial charge is 0.348 e. The van der Waals surface area contributed by atoms with Crippen molar-refractivity contribution in [2.24, 2.45) is 0 Å². The van der Waals surface area contributed by atoms with Crippen molar-refractivity contribution in [3.8, 4) is 0 Å². The number of aromatic nitrogens is 2. The molecule has 0 bridgehead atoms. The molecule has 0 aliphatic rings. The van der Waals surface area contributed by atoms with Crippen LogP contribution in [0, 0.1) is 19.7 Å². The lowest BCUT2D eigenvalue weighted by atomic mass is 10.1. The van der Waals surface area contributed by atoms with E-state index in [0.29, 0.717) is 6.54 Å². The Hall–Kier alpha value is -2.75. The SMILES string of the molecule is CCc1cc[n+](CC(=O)c2cc(C)n(CCc3ccc(F)cc3)c2C)cc1. The Morgan fingerprint density at radius 1 is 1.04 bits per heavy atom. The summed E-state index contributed by atoms with van der Waals surface area (Å²) in [6, 6.07) is 12.7. The fraction of sp³-hybridized carbons (Fsp3) is 0.304. The summed E-state index contributed by atoms with van der Waals surface area (Å²) in [4.78, 5) is 12.8. The Morgan fingerprint density at radius 2 is 1.70 bits per heavy atom. The zero-order valence-electron chi connectivity index (χ0n) is 16.2. The summed E-state index contributed by atoms with van der Waals surface area (Å²) in [6.45, 7) is 7.25. The van der Waals surface area contributed by atoms with E-state index < -0.39 is 0 Å². The average Bonchev–Trinajstić information content (AvgIpc) is 2.96. The van der Waals surface area contributed by atoms with Crippen molar-refractivity contribution in [2.45, 2.75) is 46.7 Å². The number of ketones is 1. The van der Waals surface area contributed by atoms with Gasteiger partial charge in [-0.05, 0) is 56.0 Å². The van der Waals surface area contributed by atoms with Crippen molar-refractivity contribution in [3.63, 3.8) is 0 Å². The number of Topliss-reactive ketones (excluding diaryl/α,β-unsaturated/α-hetero) is 1. The van der Waals surface area contributed by atoms with Crippen LogP contribution in [0.5, 0.6) is 0 Å². The molecule has 140 valence electrons. The quantitative estimate of drug-likeness (QED) is 0.455. The highest BCUT2D eigenvalue weighted by Crippen LogP contribution is 2.17. The molecule has 0 saturated heterocycles. The van der Waals surface area contributed by atoms with Crippen molar-refractivity contribution in [3.05, 3.63) is 88.8 Å². The first-order valence-electron chi connectivity index (χ1n) is 9.40. The van der Waals surface area contributed by atoms with Crippen molar-refractivity contribution >= 4 is 5.78 Å². The normalized spacial score (nSPS) is 11.0. The lowest BCUT2D eigenvalue weighted by Gasteiger charge is -2.10. The first-order valence-corrected chi connectivity index (χ1v) is 9.40. The predicted octanol–water partition coefficient (Wildman–Crippen LogP) is 4.22. The van der Waals surface area contributed by atoms with Gasteiger partial charge in [-0.25, -0.2) is 4.39 Å². The number of pyridine rings is 1. The van der Waals surface area contributed by atoms with Gasteiger partial charge in [-0.2, -0.15) is 4.57 Å². The molecule has 4 heteroatoms. The Kier molecular flexibility index (Phi) is 5.84. The second-order valence-corrected chi connectivity index (χ2v) is 6.97. The number of hydrogen-bond donors (Lipinski definition) is 0. The lowest BCUT2D eigenvalue weighted by Crippen LogP contribution is -2.37. The van der Waals surface area contributed by atoms with Crippen LogP contribution in [0.15, 0.2) is 54.9 Å². The van der Waals surface area contributed by atoms with Gasteiger partial charge in [0.1, 0.15) is 5.82 Å². The minimum absolute atomic E-state index is 0.116. The third kappa shape index (κ3) is 4.51. The first kappa shape index (κ1) is 19.0. The molecule has 3 nitrogen and oxygen atoms in total. The highest BCUT2D eigenvalue weighted by Gasteiger charge is 2.19. The summed E-state index contributed by atoms with van der Waals surface area (Å²) in [5.41, 5.74) is 5.19. The summed E-state index contributed by atoms with van der Waals surface area (Å²) in [5, 5.41) is 0. The van der Waals surface area contributed by atoms with Gasteiger partial charge in [0.2, 0.25) is 12.3 Å². The van der Waals surface area contributed by atoms with E-state index in [9.17, 15) is 9.18 Å². The zero-order chi connectivity index (χ0) is 19.4. The van der Waals surface area contributed by atoms with E-state index in [1.54, 1.807) is 0 Å². The third-order valence-corrected chi connectivity index (χ3v) is 5.11. The van der Waals surface area contributed by atoms with Crippen LogP contribution in [0.4, 0.5) is 4.39 Å². The van der Waals surface area contributed by atoms with Gasteiger partial charge in [-0.1, -0.05) is 19.1 Å². The molecule has 1 aromatic carbocycles. The number of carbonyl (C=O) groups excluding carboxylic acids is 1. The molecule has 0 fully saturated rings. The molecule has 2 heterocycles. The number of carbonyl (C=O) groups is 1. The van der Waals surface area contributed by atoms with E-state index in [1.165, 1.54) is 17.7 Å². The van der Waals surface area contributed by atoms with Gasteiger partial charge in [0, 0.05) is 35.6 Å². The maximum absolute atomic E-state index is 13.0. The van der Waals surface area contributed by atoms with Crippen molar-refractivity contribution < 1.29 is 13.8 Å². The second kappa shape index (κ2) is 8.30. The number of rotatable bonds is 7. The predicted molar refractivity (Wildman–Crippen MR) is 104 cm³/mol. The molecule has 0 saturated carbocycles. The lowest BCUT2D eigenvalue weighted by molar-refractivity contribution is -0.683. The van der Waals surface area contributed by atoms with Crippen LogP contribution >= 0.6 is 0 Å². The molecule has 0 spiro atoms. The first-order chi connectivity index (χ1) is 13.0. The topological polar surface area (TPSA) is 25.9 Å². The zero-order valence-corrected chi connectivity index (χ0v) is 16.2. The number of halogens is 1. The summed E-state index contributed by atoms with van der Waals surface area (Å²) < 4.78 is 17.1. The highest BCUT2D eigenvalue weighted by atomic mass is 19.1. The van der Waals surface area contributed by atoms with Crippen LogP contribution in [0.2, 0.25) is 0 Å². The fourth-order valence-electron chi connectivity index (χ4n) is 3.40. The van der Waals surface area contributed by atoms with Gasteiger partial charge in [0.15, 0.2) is 12.4 Å². The Labute approximate surface area is 160 Å². The average molecular weight is 365 g/mol. The maximum Gasteiger partial charge on any atom is 0.229 e. The van der Waals surface area contributed by atoms with Crippen LogP contribution in [0.25, 0.3) is 0 Å². The summed E-state index contributed by atoms with van der Waals surface area (Å²) >= 11 is 0. The number of hydrogen-bond acceptors (Lipinski definition) is 1. The summed E-state index contributed by atoms with van der Waals surface area (Å²) in [7, 11) is 0. The van der Waals surface area contributed by atoms with Gasteiger partial charge in [0.05, 0.1) is 0 Å². The van der Waals surface area contributed by atoms with Gasteiger partial charge >= 0.3 is 0 Å². The molecule has 27 heavy (non-hydrogen) atoms. The molecule has 0 N–H and O–H groups in total. The van der Waals surface area contributed by atoms with E-state index in [2.05, 4.69) is 23.6 Å². The minimum Gasteiger partial charge on any atom is -0.348 e. The second-order valence-electron chi connectivity index (χ2n) is 6.97. The fourth-order valence-corrected chi connectivity index (χ4v) is 3.40. The van der Waals surface area contributed by atoms with Gasteiger partial charge in [0.25, 0.3) is 0 Å². The van der Waals surface area contributed by atoms with Crippen LogP contribution in [-0.4, -0.2) is 10.4 Å². The molecule has 0 unspecified atom stereocenters. The minimum atomic E-state index is -0.218. The molecule has 2 aromatic heterocycles. The Balaban J connectivity index is 1.71. The van der Waals surface area contributed by atoms with Crippen LogP contribution < -0.4 is 4.57 Å². The van der Waals surface area contributed by atoms with Crippen LogP contribution in [0.3, 0.4) is 0 Å². The van der Waals surface area contributed by atoms with Crippen molar-refractivity contribution in [1.29, 1.82) is 0 Å². The molecule has 0 aliphatic carbocycles. The standard InChI is InChI=1S/C23H26FN2O/c1-4-19-9-12-25(13-10-19)16-23(27)22-15-17(2)26(18(22)3)14-11-20-5-7-21(24)8-6-20/h5-10,12-13,15H,4,11,14,16H2,1-3H3/q+1. The number of nitrogens with zero attached hydrogens (tertiary/aromatic N) is 2. The van der Waals surface area contributed by atoms with E-state index in [4.69, 9.17) is 0 Å². The molecular formula is C23H26FN2O+. The summed E-state index contributed by atoms with van der Waals surface area (Å²) in [5.74, 6) is -0.102. The van der Waals surface area contributed by atoms with Crippen LogP contribution in [0.1, 0.15) is 39.8 Å². The molecule has 0 amide bonds. The monoisotopic (exact) mass is 365 g/mol. The third-order valence-electron chi connectivity index (χ3n) is 5.11. The Bertz CT molecular complexity index is 924. The van der Waals surface area contributed by atoms with Gasteiger partial charge in [-0.3, -0.25) is 4.79 Å².